The molecule has 4 aliphatic rings. The summed E-state index contributed by atoms with van der Waals surface area (Å²) in [4.78, 5) is 2.69. The molecule has 2 aliphatic carbocycles. The van der Waals surface area contributed by atoms with Crippen molar-refractivity contribution in [1.82, 2.24) is 4.90 Å². The second-order valence-electron chi connectivity index (χ2n) is 8.78. The average molecular weight is 393 g/mol. The third kappa shape index (κ3) is 2.79. The van der Waals surface area contributed by atoms with Gasteiger partial charge in [0.15, 0.2) is 0 Å². The molecule has 0 spiro atoms. The number of hydrogen-bond acceptors (Lipinski definition) is 2. The summed E-state index contributed by atoms with van der Waals surface area (Å²) in [6.07, 6.45) is 7.41. The third-order valence-electron chi connectivity index (χ3n) is 7.60. The van der Waals surface area contributed by atoms with Gasteiger partial charge in [0.05, 0.1) is 6.07 Å². The molecule has 2 bridgehead atoms. The zero-order valence-corrected chi connectivity index (χ0v) is 17.4. The lowest BCUT2D eigenvalue weighted by Crippen LogP contribution is -2.58. The minimum atomic E-state index is -0.582. The van der Waals surface area contributed by atoms with E-state index in [4.69, 9.17) is 0 Å². The fourth-order valence-corrected chi connectivity index (χ4v) is 6.15. The van der Waals surface area contributed by atoms with Crippen LogP contribution in [0, 0.1) is 17.2 Å². The Morgan fingerprint density at radius 3 is 1.93 bits per heavy atom. The molecule has 0 N–H and O–H groups in total. The number of aryl methyl sites for hydroxylation is 2. The first-order valence-corrected chi connectivity index (χ1v) is 10.6. The molecule has 3 heteroatoms. The van der Waals surface area contributed by atoms with E-state index in [1.165, 1.54) is 54.5 Å². The summed E-state index contributed by atoms with van der Waals surface area (Å²) < 4.78 is 0. The summed E-state index contributed by atoms with van der Waals surface area (Å²) in [5.41, 5.74) is 4.60. The van der Waals surface area contributed by atoms with Gasteiger partial charge in [0.1, 0.15) is 5.41 Å². The molecule has 2 nitrogen and oxygen atoms in total. The summed E-state index contributed by atoms with van der Waals surface area (Å²) >= 11 is 0. The van der Waals surface area contributed by atoms with Crippen molar-refractivity contribution in [2.75, 3.05) is 6.54 Å². The lowest BCUT2D eigenvalue weighted by atomic mass is 9.66. The molecule has 2 aliphatic heterocycles. The van der Waals surface area contributed by atoms with Crippen molar-refractivity contribution in [3.8, 4) is 6.07 Å². The van der Waals surface area contributed by atoms with Crippen molar-refractivity contribution in [1.29, 1.82) is 5.26 Å². The van der Waals surface area contributed by atoms with E-state index >= 15 is 0 Å². The van der Waals surface area contributed by atoms with Crippen LogP contribution >= 0.6 is 12.4 Å². The van der Waals surface area contributed by atoms with Crippen LogP contribution in [0.25, 0.3) is 0 Å². The van der Waals surface area contributed by atoms with Gasteiger partial charge in [-0.3, -0.25) is 4.90 Å². The van der Waals surface area contributed by atoms with Crippen molar-refractivity contribution in [2.24, 2.45) is 5.92 Å². The summed E-state index contributed by atoms with van der Waals surface area (Å²) in [6.45, 7) is 3.49. The normalized spacial score (nSPS) is 26.1. The van der Waals surface area contributed by atoms with Gasteiger partial charge in [-0.05, 0) is 73.6 Å². The van der Waals surface area contributed by atoms with E-state index in [1.54, 1.807) is 0 Å². The molecule has 2 aromatic rings. The number of benzene rings is 2. The Labute approximate surface area is 175 Å². The van der Waals surface area contributed by atoms with Gasteiger partial charge >= 0.3 is 0 Å². The topological polar surface area (TPSA) is 27.0 Å². The number of fused-ring (bicyclic) bond motifs is 5. The highest BCUT2D eigenvalue weighted by molar-refractivity contribution is 5.85. The molecule has 1 atom stereocenters. The lowest BCUT2D eigenvalue weighted by Gasteiger charge is -2.52. The molecule has 1 unspecified atom stereocenters. The molecule has 3 fully saturated rings. The predicted molar refractivity (Wildman–Crippen MR) is 116 cm³/mol. The van der Waals surface area contributed by atoms with Crippen molar-refractivity contribution < 1.29 is 0 Å². The zero-order valence-electron chi connectivity index (χ0n) is 16.6. The Hall–Kier alpha value is -1.82. The van der Waals surface area contributed by atoms with Gasteiger partial charge in [0.2, 0.25) is 0 Å². The van der Waals surface area contributed by atoms with Crippen LogP contribution in [-0.2, 0) is 18.3 Å². The molecule has 2 aromatic carbocycles. The number of nitrogens with zero attached hydrogens (tertiary/aromatic N) is 2. The SMILES string of the molecule is CC(N1CC2CCC1CC2)C1(C#N)c2ccccc2CCc2ccccc21.Cl. The van der Waals surface area contributed by atoms with Crippen molar-refractivity contribution in [2.45, 2.75) is 62.9 Å². The molecule has 6 rings (SSSR count). The van der Waals surface area contributed by atoms with Crippen LogP contribution in [0.4, 0.5) is 0 Å². The molecule has 2 saturated heterocycles. The molecule has 0 radical (unpaired) electrons. The van der Waals surface area contributed by atoms with E-state index in [9.17, 15) is 5.26 Å². The Morgan fingerprint density at radius 1 is 0.929 bits per heavy atom. The van der Waals surface area contributed by atoms with Gasteiger partial charge in [-0.1, -0.05) is 48.5 Å². The quantitative estimate of drug-likeness (QED) is 0.695. The fourth-order valence-electron chi connectivity index (χ4n) is 6.15. The van der Waals surface area contributed by atoms with Gasteiger partial charge in [0.25, 0.3) is 0 Å². The van der Waals surface area contributed by atoms with Gasteiger partial charge in [0, 0.05) is 18.6 Å². The van der Waals surface area contributed by atoms with Crippen molar-refractivity contribution in [3.63, 3.8) is 0 Å². The molecule has 0 aromatic heterocycles. The summed E-state index contributed by atoms with van der Waals surface area (Å²) in [5, 5.41) is 10.8. The van der Waals surface area contributed by atoms with Gasteiger partial charge < -0.3 is 0 Å². The van der Waals surface area contributed by atoms with Crippen LogP contribution in [0.1, 0.15) is 54.9 Å². The maximum Gasteiger partial charge on any atom is 0.123 e. The number of piperidine rings is 2. The third-order valence-corrected chi connectivity index (χ3v) is 7.60. The zero-order chi connectivity index (χ0) is 18.4. The predicted octanol–water partition coefficient (Wildman–Crippen LogP) is 5.28. The second kappa shape index (κ2) is 7.54. The minimum Gasteiger partial charge on any atom is -0.295 e. The van der Waals surface area contributed by atoms with Crippen LogP contribution in [-0.4, -0.2) is 23.5 Å². The number of rotatable bonds is 2. The molecular formula is C25H29ClN2. The van der Waals surface area contributed by atoms with Crippen molar-refractivity contribution in [3.05, 3.63) is 70.8 Å². The van der Waals surface area contributed by atoms with E-state index < -0.39 is 5.41 Å². The lowest BCUT2D eigenvalue weighted by molar-refractivity contribution is 0.00579. The summed E-state index contributed by atoms with van der Waals surface area (Å²) in [6, 6.07) is 21.1. The largest absolute Gasteiger partial charge is 0.295 e. The molecule has 146 valence electrons. The standard InChI is InChI=1S/C25H28N2.ClH/c1-18(27-16-19-10-14-22(27)15-11-19)25(17-26)23-8-4-2-6-20(23)12-13-21-7-3-5-9-24(21)25;/h2-9,18-19,22H,10-16H2,1H3;1H. The highest BCUT2D eigenvalue weighted by atomic mass is 35.5. The fraction of sp³-hybridized carbons (Fsp3) is 0.480. The van der Waals surface area contributed by atoms with Gasteiger partial charge in [-0.15, -0.1) is 12.4 Å². The maximum atomic E-state index is 10.8. The average Bonchev–Trinajstić information content (AvgIpc) is 2.89. The summed E-state index contributed by atoms with van der Waals surface area (Å²) in [7, 11) is 0. The maximum absolute atomic E-state index is 10.8. The molecule has 2 heterocycles. The first-order valence-electron chi connectivity index (χ1n) is 10.6. The van der Waals surface area contributed by atoms with Crippen LogP contribution in [0.15, 0.2) is 48.5 Å². The van der Waals surface area contributed by atoms with Crippen LogP contribution in [0.3, 0.4) is 0 Å². The Balaban J connectivity index is 0.00000192. The Morgan fingerprint density at radius 2 is 1.46 bits per heavy atom. The Kier molecular flexibility index (Phi) is 5.25. The number of halogens is 1. The highest BCUT2D eigenvalue weighted by Crippen LogP contribution is 2.46. The molecule has 28 heavy (non-hydrogen) atoms. The minimum absolute atomic E-state index is 0. The number of hydrogen-bond donors (Lipinski definition) is 0. The molecule has 0 amide bonds. The monoisotopic (exact) mass is 392 g/mol. The smallest absolute Gasteiger partial charge is 0.123 e. The van der Waals surface area contributed by atoms with E-state index in [-0.39, 0.29) is 18.4 Å². The highest BCUT2D eigenvalue weighted by Gasteiger charge is 2.49. The molecular weight excluding hydrogens is 364 g/mol. The molecule has 1 saturated carbocycles. The van der Waals surface area contributed by atoms with E-state index in [0.29, 0.717) is 6.04 Å². The number of nitriles is 1. The second-order valence-corrected chi connectivity index (χ2v) is 8.78. The van der Waals surface area contributed by atoms with E-state index in [0.717, 1.165) is 18.8 Å². The van der Waals surface area contributed by atoms with Gasteiger partial charge in [-0.2, -0.15) is 5.26 Å². The van der Waals surface area contributed by atoms with Crippen molar-refractivity contribution >= 4 is 12.4 Å². The van der Waals surface area contributed by atoms with Crippen LogP contribution in [0.5, 0.6) is 0 Å². The van der Waals surface area contributed by atoms with E-state index in [1.807, 2.05) is 0 Å². The summed E-state index contributed by atoms with van der Waals surface area (Å²) in [5.74, 6) is 0.824. The first-order chi connectivity index (χ1) is 13.2. The van der Waals surface area contributed by atoms with E-state index in [2.05, 4.69) is 66.4 Å². The van der Waals surface area contributed by atoms with Crippen LogP contribution < -0.4 is 0 Å². The van der Waals surface area contributed by atoms with Gasteiger partial charge in [-0.25, -0.2) is 0 Å². The van der Waals surface area contributed by atoms with Crippen LogP contribution in [0.2, 0.25) is 0 Å². The Bertz CT molecular complexity index is 844. The first kappa shape index (κ1) is 19.5.